The van der Waals surface area contributed by atoms with Crippen LogP contribution in [-0.2, 0) is 28.2 Å². The lowest BCUT2D eigenvalue weighted by Gasteiger charge is -2.17. The van der Waals surface area contributed by atoms with Gasteiger partial charge in [0.15, 0.2) is 6.10 Å². The third-order valence-corrected chi connectivity index (χ3v) is 4.67. The van der Waals surface area contributed by atoms with E-state index in [0.29, 0.717) is 25.7 Å². The maximum Gasteiger partial charge on any atom is 0.469 e. The number of allylic oxidation sites excluding steroid dienone is 8. The van der Waals surface area contributed by atoms with Crippen molar-refractivity contribution >= 4 is 19.8 Å². The topological polar surface area (TPSA) is 140 Å². The largest absolute Gasteiger partial charge is 0.469 e. The van der Waals surface area contributed by atoms with Crippen LogP contribution in [0.1, 0.15) is 58.8 Å². The van der Waals surface area contributed by atoms with E-state index in [4.69, 9.17) is 19.3 Å². The van der Waals surface area contributed by atoms with E-state index in [1.165, 1.54) is 0 Å². The predicted molar refractivity (Wildman–Crippen MR) is 134 cm³/mol. The Bertz CT molecular complexity index is 778. The Labute approximate surface area is 208 Å². The van der Waals surface area contributed by atoms with E-state index in [-0.39, 0.29) is 13.0 Å². The van der Waals surface area contributed by atoms with Crippen molar-refractivity contribution < 1.29 is 43.0 Å². The molecule has 0 aliphatic rings. The number of hydrogen-bond donors (Lipinski definition) is 3. The second-order valence-electron chi connectivity index (χ2n) is 7.50. The van der Waals surface area contributed by atoms with Crippen molar-refractivity contribution in [3.05, 3.63) is 60.8 Å². The van der Waals surface area contributed by atoms with Gasteiger partial charge in [-0.2, -0.15) is 0 Å². The van der Waals surface area contributed by atoms with Gasteiger partial charge in [0.05, 0.1) is 12.7 Å². The molecule has 0 heterocycles. The molecule has 0 amide bonds. The minimum absolute atomic E-state index is 0.0939. The minimum Gasteiger partial charge on any atom is -0.462 e. The summed E-state index contributed by atoms with van der Waals surface area (Å²) in [7, 11) is -4.74. The Morgan fingerprint density at radius 1 is 0.943 bits per heavy atom. The average molecular weight is 515 g/mol. The summed E-state index contributed by atoms with van der Waals surface area (Å²) in [6.45, 7) is 2.31. The van der Waals surface area contributed by atoms with Gasteiger partial charge in [0.1, 0.15) is 6.61 Å². The van der Waals surface area contributed by atoms with E-state index < -0.39 is 38.6 Å². The van der Waals surface area contributed by atoms with Crippen molar-refractivity contribution in [3.63, 3.8) is 0 Å². The normalized spacial score (nSPS) is 14.5. The molecule has 0 fully saturated rings. The molecule has 0 aliphatic heterocycles. The summed E-state index contributed by atoms with van der Waals surface area (Å²) in [5.41, 5.74) is 0. The number of unbranched alkanes of at least 4 members (excludes halogenated alkanes) is 1. The fourth-order valence-electron chi connectivity index (χ4n) is 2.51. The average Bonchev–Trinajstić information content (AvgIpc) is 2.78. The monoisotopic (exact) mass is 514 g/mol. The Hall–Kier alpha value is -2.29. The third kappa shape index (κ3) is 24.6. The molecule has 3 N–H and O–H groups in total. The first-order chi connectivity index (χ1) is 16.6. The van der Waals surface area contributed by atoms with Gasteiger partial charge in [0.2, 0.25) is 0 Å². The lowest BCUT2D eigenvalue weighted by molar-refractivity contribution is -0.160. The van der Waals surface area contributed by atoms with Crippen molar-refractivity contribution in [3.8, 4) is 0 Å². The Kier molecular flexibility index (Phi) is 19.7. The molecule has 1 unspecified atom stereocenters. The second kappa shape index (κ2) is 21.0. The summed E-state index contributed by atoms with van der Waals surface area (Å²) in [6, 6.07) is 0. The lowest BCUT2D eigenvalue weighted by atomic mass is 10.2. The molecule has 0 saturated heterocycles. The summed E-state index contributed by atoms with van der Waals surface area (Å²) < 4.78 is 24.9. The number of phosphoric acid groups is 1. The van der Waals surface area contributed by atoms with Crippen LogP contribution in [0, 0.1) is 0 Å². The van der Waals surface area contributed by atoms with Crippen molar-refractivity contribution in [2.24, 2.45) is 0 Å². The standard InChI is InChI=1S/C25H39O9P/c1-3-4-5-6-11-14-17-23(27)18-15-12-9-7-8-10-13-16-19-25(28)34-24(20-32-22(2)26)21-33-35(29,30)31/h4-5,8-12,14-15,18,23-24,27H,3,6-7,13,16-17,19-21H2,1-2H3,(H2,29,30,31)/b5-4-,10-8-,12-9-,14-11-,18-15+/t23?,24-/m1/s1. The van der Waals surface area contributed by atoms with Gasteiger partial charge in [-0.3, -0.25) is 14.1 Å². The van der Waals surface area contributed by atoms with Gasteiger partial charge < -0.3 is 24.4 Å². The zero-order valence-corrected chi connectivity index (χ0v) is 21.4. The lowest BCUT2D eigenvalue weighted by Crippen LogP contribution is -2.29. The quantitative estimate of drug-likeness (QED) is 0.0749. The molecule has 2 atom stereocenters. The highest BCUT2D eigenvalue weighted by Crippen LogP contribution is 2.35. The zero-order valence-electron chi connectivity index (χ0n) is 20.5. The zero-order chi connectivity index (χ0) is 26.4. The third-order valence-electron chi connectivity index (χ3n) is 4.19. The molecule has 198 valence electrons. The molecular formula is C25H39O9P. The predicted octanol–water partition coefficient (Wildman–Crippen LogP) is 4.46. The van der Waals surface area contributed by atoms with Crippen LogP contribution >= 0.6 is 7.82 Å². The van der Waals surface area contributed by atoms with Crippen molar-refractivity contribution in [2.45, 2.75) is 71.0 Å². The van der Waals surface area contributed by atoms with Crippen molar-refractivity contribution in [1.82, 2.24) is 0 Å². The van der Waals surface area contributed by atoms with Crippen LogP contribution in [0.5, 0.6) is 0 Å². The fourth-order valence-corrected chi connectivity index (χ4v) is 2.87. The molecule has 0 rings (SSSR count). The van der Waals surface area contributed by atoms with Gasteiger partial charge in [0.25, 0.3) is 0 Å². The van der Waals surface area contributed by atoms with E-state index in [1.807, 2.05) is 42.5 Å². The molecule has 0 aromatic rings. The minimum atomic E-state index is -4.74. The second-order valence-corrected chi connectivity index (χ2v) is 8.74. The van der Waals surface area contributed by atoms with E-state index in [1.54, 1.807) is 6.08 Å². The summed E-state index contributed by atoms with van der Waals surface area (Å²) in [5, 5.41) is 9.87. The first-order valence-electron chi connectivity index (χ1n) is 11.6. The van der Waals surface area contributed by atoms with Gasteiger partial charge in [-0.05, 0) is 38.5 Å². The molecule has 0 aliphatic carbocycles. The summed E-state index contributed by atoms with van der Waals surface area (Å²) >= 11 is 0. The Morgan fingerprint density at radius 3 is 2.31 bits per heavy atom. The van der Waals surface area contributed by atoms with E-state index in [0.717, 1.165) is 19.8 Å². The summed E-state index contributed by atoms with van der Waals surface area (Å²) in [5.74, 6) is -1.20. The van der Waals surface area contributed by atoms with Crippen LogP contribution in [0.4, 0.5) is 0 Å². The maximum atomic E-state index is 11.9. The van der Waals surface area contributed by atoms with Crippen LogP contribution in [0.25, 0.3) is 0 Å². The molecule has 35 heavy (non-hydrogen) atoms. The molecule has 0 bridgehead atoms. The van der Waals surface area contributed by atoms with Gasteiger partial charge in [-0.25, -0.2) is 4.57 Å². The molecule has 0 radical (unpaired) electrons. The number of carbonyl (C=O) groups excluding carboxylic acids is 2. The van der Waals surface area contributed by atoms with Gasteiger partial charge in [-0.1, -0.05) is 67.7 Å². The smallest absolute Gasteiger partial charge is 0.462 e. The number of esters is 2. The molecule has 10 heteroatoms. The number of hydrogen-bond acceptors (Lipinski definition) is 7. The van der Waals surface area contributed by atoms with E-state index >= 15 is 0 Å². The Morgan fingerprint density at radius 2 is 1.63 bits per heavy atom. The van der Waals surface area contributed by atoms with Crippen LogP contribution < -0.4 is 0 Å². The SMILES string of the molecule is CC/C=C\C/C=C\CC(O)/C=C/C=C\C/C=C\CCCC(=O)O[C@H](COC(C)=O)COP(=O)(O)O. The molecule has 0 spiro atoms. The highest BCUT2D eigenvalue weighted by Gasteiger charge is 2.22. The van der Waals surface area contributed by atoms with Crippen LogP contribution in [0.3, 0.4) is 0 Å². The molecule has 0 aromatic heterocycles. The number of aliphatic hydroxyl groups is 1. The highest BCUT2D eigenvalue weighted by atomic mass is 31.2. The van der Waals surface area contributed by atoms with Crippen LogP contribution in [0.2, 0.25) is 0 Å². The maximum absolute atomic E-state index is 11.9. The molecule has 0 saturated carbocycles. The fraction of sp³-hybridized carbons (Fsp3) is 0.520. The van der Waals surface area contributed by atoms with Crippen molar-refractivity contribution in [1.29, 1.82) is 0 Å². The summed E-state index contributed by atoms with van der Waals surface area (Å²) in [6.07, 6.45) is 22.3. The highest BCUT2D eigenvalue weighted by molar-refractivity contribution is 7.46. The van der Waals surface area contributed by atoms with Crippen molar-refractivity contribution in [2.75, 3.05) is 13.2 Å². The molecular weight excluding hydrogens is 475 g/mol. The van der Waals surface area contributed by atoms with E-state index in [9.17, 15) is 19.3 Å². The van der Waals surface area contributed by atoms with Gasteiger partial charge in [-0.15, -0.1) is 0 Å². The molecule has 9 nitrogen and oxygen atoms in total. The first kappa shape index (κ1) is 32.7. The van der Waals surface area contributed by atoms with Gasteiger partial charge >= 0.3 is 19.8 Å². The first-order valence-corrected chi connectivity index (χ1v) is 13.2. The number of ether oxygens (including phenoxy) is 2. The number of rotatable bonds is 19. The van der Waals surface area contributed by atoms with Crippen LogP contribution in [-0.4, -0.2) is 52.3 Å². The number of aliphatic hydroxyl groups excluding tert-OH is 1. The molecule has 0 aromatic carbocycles. The summed E-state index contributed by atoms with van der Waals surface area (Å²) in [4.78, 5) is 40.4. The number of carbonyl (C=O) groups is 2. The Balaban J connectivity index is 4.08. The number of phosphoric ester groups is 1. The van der Waals surface area contributed by atoms with Gasteiger partial charge in [0, 0.05) is 13.3 Å². The van der Waals surface area contributed by atoms with Crippen LogP contribution in [0.15, 0.2) is 60.8 Å². The van der Waals surface area contributed by atoms with E-state index in [2.05, 4.69) is 23.6 Å².